The molecule has 3 heteroatoms. The number of nitrogens with one attached hydrogen (secondary N) is 1. The molecule has 18 heavy (non-hydrogen) atoms. The van der Waals surface area contributed by atoms with E-state index < -0.39 is 0 Å². The lowest BCUT2D eigenvalue weighted by molar-refractivity contribution is 0.421. The fourth-order valence-corrected chi connectivity index (χ4v) is 2.27. The Balaban J connectivity index is 2.00. The van der Waals surface area contributed by atoms with Gasteiger partial charge in [-0.1, -0.05) is 0 Å². The first-order valence-electron chi connectivity index (χ1n) is 6.99. The maximum Gasteiger partial charge on any atom is 0.0562 e. The summed E-state index contributed by atoms with van der Waals surface area (Å²) in [4.78, 5) is 6.93. The summed E-state index contributed by atoms with van der Waals surface area (Å²) in [6, 6.07) is 4.36. The molecule has 0 amide bonds. The Morgan fingerprint density at radius 1 is 1.22 bits per heavy atom. The Labute approximate surface area is 111 Å². The smallest absolute Gasteiger partial charge is 0.0562 e. The summed E-state index contributed by atoms with van der Waals surface area (Å²) in [5.74, 6) is 0. The van der Waals surface area contributed by atoms with Crippen molar-refractivity contribution < 1.29 is 0 Å². The molecule has 100 valence electrons. The van der Waals surface area contributed by atoms with Crippen LogP contribution in [0.25, 0.3) is 0 Å². The third kappa shape index (κ3) is 3.98. The van der Waals surface area contributed by atoms with Crippen LogP contribution in [-0.4, -0.2) is 23.6 Å². The summed E-state index contributed by atoms with van der Waals surface area (Å²) < 4.78 is 0. The van der Waals surface area contributed by atoms with E-state index in [4.69, 9.17) is 0 Å². The van der Waals surface area contributed by atoms with Crippen molar-refractivity contribution >= 4 is 5.69 Å². The normalized spacial score (nSPS) is 16.9. The molecule has 0 radical (unpaired) electrons. The molecule has 1 aliphatic rings. The van der Waals surface area contributed by atoms with Crippen LogP contribution in [0.2, 0.25) is 0 Å². The predicted molar refractivity (Wildman–Crippen MR) is 76.9 cm³/mol. The molecule has 0 unspecified atom stereocenters. The van der Waals surface area contributed by atoms with Gasteiger partial charge in [0.25, 0.3) is 0 Å². The second-order valence-corrected chi connectivity index (χ2v) is 6.16. The number of hydrogen-bond donors (Lipinski definition) is 1. The molecule has 0 bridgehead atoms. The quantitative estimate of drug-likeness (QED) is 0.890. The summed E-state index contributed by atoms with van der Waals surface area (Å²) in [5, 5.41) is 3.49. The van der Waals surface area contributed by atoms with Crippen molar-refractivity contribution in [3.8, 4) is 0 Å². The van der Waals surface area contributed by atoms with Gasteiger partial charge in [-0.05, 0) is 52.2 Å². The van der Waals surface area contributed by atoms with Gasteiger partial charge in [0, 0.05) is 37.1 Å². The van der Waals surface area contributed by atoms with E-state index in [0.717, 1.165) is 12.2 Å². The number of hydrogen-bond acceptors (Lipinski definition) is 3. The fraction of sp³-hybridized carbons (Fsp3) is 0.667. The summed E-state index contributed by atoms with van der Waals surface area (Å²) in [7, 11) is 0. The molecule has 1 aliphatic heterocycles. The molecule has 2 rings (SSSR count). The van der Waals surface area contributed by atoms with Crippen LogP contribution in [-0.2, 0) is 6.54 Å². The third-order valence-corrected chi connectivity index (χ3v) is 3.32. The first-order chi connectivity index (χ1) is 8.54. The zero-order valence-corrected chi connectivity index (χ0v) is 11.9. The van der Waals surface area contributed by atoms with Gasteiger partial charge in [-0.3, -0.25) is 4.98 Å². The van der Waals surface area contributed by atoms with E-state index in [9.17, 15) is 0 Å². The zero-order valence-electron chi connectivity index (χ0n) is 11.9. The number of aromatic nitrogens is 1. The number of piperidine rings is 1. The Morgan fingerprint density at radius 2 is 1.94 bits per heavy atom. The van der Waals surface area contributed by atoms with Crippen LogP contribution in [0.4, 0.5) is 5.69 Å². The molecular weight excluding hydrogens is 222 g/mol. The van der Waals surface area contributed by atoms with Crippen molar-refractivity contribution in [2.24, 2.45) is 0 Å². The maximum absolute atomic E-state index is 4.45. The van der Waals surface area contributed by atoms with Crippen molar-refractivity contribution in [3.05, 3.63) is 24.0 Å². The van der Waals surface area contributed by atoms with Gasteiger partial charge in [0.1, 0.15) is 0 Å². The number of pyridine rings is 1. The van der Waals surface area contributed by atoms with Gasteiger partial charge in [-0.2, -0.15) is 0 Å². The Kier molecular flexibility index (Phi) is 4.23. The second-order valence-electron chi connectivity index (χ2n) is 6.16. The lowest BCUT2D eigenvalue weighted by atomic mass is 10.1. The molecule has 0 saturated carbocycles. The summed E-state index contributed by atoms with van der Waals surface area (Å²) in [6.07, 6.45) is 5.94. The first-order valence-corrected chi connectivity index (χ1v) is 6.99. The molecule has 0 aromatic carbocycles. The van der Waals surface area contributed by atoms with Crippen LogP contribution >= 0.6 is 0 Å². The molecule has 1 fully saturated rings. The predicted octanol–water partition coefficient (Wildman–Crippen LogP) is 2.96. The standard InChI is InChI=1S/C15H25N3/c1-15(2,3)17-12-13-11-14(7-8-16-13)18-9-5-4-6-10-18/h7-8,11,17H,4-6,9-10,12H2,1-3H3. The zero-order chi connectivity index (χ0) is 13.0. The van der Waals surface area contributed by atoms with Crippen molar-refractivity contribution in [2.75, 3.05) is 18.0 Å². The van der Waals surface area contributed by atoms with Gasteiger partial charge >= 0.3 is 0 Å². The highest BCUT2D eigenvalue weighted by Gasteiger charge is 2.12. The van der Waals surface area contributed by atoms with E-state index in [-0.39, 0.29) is 5.54 Å². The van der Waals surface area contributed by atoms with Crippen LogP contribution in [0.3, 0.4) is 0 Å². The fourth-order valence-electron chi connectivity index (χ4n) is 2.27. The maximum atomic E-state index is 4.45. The van der Waals surface area contributed by atoms with Crippen molar-refractivity contribution in [1.29, 1.82) is 0 Å². The van der Waals surface area contributed by atoms with E-state index >= 15 is 0 Å². The van der Waals surface area contributed by atoms with Gasteiger partial charge < -0.3 is 10.2 Å². The largest absolute Gasteiger partial charge is 0.371 e. The lowest BCUT2D eigenvalue weighted by Crippen LogP contribution is -2.35. The number of anilines is 1. The van der Waals surface area contributed by atoms with Gasteiger partial charge in [-0.15, -0.1) is 0 Å². The highest BCUT2D eigenvalue weighted by Crippen LogP contribution is 2.20. The minimum Gasteiger partial charge on any atom is -0.371 e. The Morgan fingerprint density at radius 3 is 2.61 bits per heavy atom. The van der Waals surface area contributed by atoms with E-state index in [1.165, 1.54) is 38.0 Å². The first kappa shape index (κ1) is 13.3. The Hall–Kier alpha value is -1.09. The van der Waals surface area contributed by atoms with Gasteiger partial charge in [0.05, 0.1) is 5.69 Å². The van der Waals surface area contributed by atoms with Crippen LogP contribution in [0.5, 0.6) is 0 Å². The molecular formula is C15H25N3. The van der Waals surface area contributed by atoms with Gasteiger partial charge in [-0.25, -0.2) is 0 Å². The highest BCUT2D eigenvalue weighted by molar-refractivity contribution is 5.46. The SMILES string of the molecule is CC(C)(C)NCc1cc(N2CCCCC2)ccn1. The molecule has 1 N–H and O–H groups in total. The number of nitrogens with zero attached hydrogens (tertiary/aromatic N) is 2. The van der Waals surface area contributed by atoms with Crippen molar-refractivity contribution in [3.63, 3.8) is 0 Å². The lowest BCUT2D eigenvalue weighted by Gasteiger charge is -2.29. The second kappa shape index (κ2) is 5.70. The van der Waals surface area contributed by atoms with Crippen molar-refractivity contribution in [2.45, 2.75) is 52.1 Å². The average Bonchev–Trinajstić information content (AvgIpc) is 2.37. The average molecular weight is 247 g/mol. The summed E-state index contributed by atoms with van der Waals surface area (Å²) in [6.45, 7) is 9.77. The topological polar surface area (TPSA) is 28.2 Å². The monoisotopic (exact) mass is 247 g/mol. The molecule has 2 heterocycles. The molecule has 0 spiro atoms. The van der Waals surface area contributed by atoms with Gasteiger partial charge in [0.2, 0.25) is 0 Å². The number of rotatable bonds is 3. The third-order valence-electron chi connectivity index (χ3n) is 3.32. The molecule has 1 saturated heterocycles. The van der Waals surface area contributed by atoms with Crippen LogP contribution < -0.4 is 10.2 Å². The summed E-state index contributed by atoms with van der Waals surface area (Å²) >= 11 is 0. The molecule has 1 aromatic heterocycles. The minimum absolute atomic E-state index is 0.142. The Bertz CT molecular complexity index is 376. The van der Waals surface area contributed by atoms with E-state index in [2.05, 4.69) is 48.1 Å². The molecule has 1 aromatic rings. The highest BCUT2D eigenvalue weighted by atomic mass is 15.1. The van der Waals surface area contributed by atoms with E-state index in [0.29, 0.717) is 0 Å². The summed E-state index contributed by atoms with van der Waals surface area (Å²) in [5.41, 5.74) is 2.60. The van der Waals surface area contributed by atoms with E-state index in [1.54, 1.807) is 0 Å². The molecule has 3 nitrogen and oxygen atoms in total. The molecule has 0 aliphatic carbocycles. The van der Waals surface area contributed by atoms with Gasteiger partial charge in [0.15, 0.2) is 0 Å². The minimum atomic E-state index is 0.142. The van der Waals surface area contributed by atoms with Crippen LogP contribution in [0.15, 0.2) is 18.3 Å². The van der Waals surface area contributed by atoms with Crippen LogP contribution in [0.1, 0.15) is 45.7 Å². The van der Waals surface area contributed by atoms with Crippen LogP contribution in [0, 0.1) is 0 Å². The molecule has 0 atom stereocenters. The van der Waals surface area contributed by atoms with E-state index in [1.807, 2.05) is 6.20 Å². The van der Waals surface area contributed by atoms with Crippen molar-refractivity contribution in [1.82, 2.24) is 10.3 Å².